The van der Waals surface area contributed by atoms with E-state index in [4.69, 9.17) is 9.84 Å². The molecule has 1 aliphatic carbocycles. The summed E-state index contributed by atoms with van der Waals surface area (Å²) >= 11 is 0. The Morgan fingerprint density at radius 3 is 2.33 bits per heavy atom. The zero-order valence-electron chi connectivity index (χ0n) is 17.6. The lowest BCUT2D eigenvalue weighted by Crippen LogP contribution is -2.48. The van der Waals surface area contributed by atoms with Crippen LogP contribution in [-0.4, -0.2) is 52.4 Å². The molecule has 10 heteroatoms. The highest BCUT2D eigenvalue weighted by atomic mass is 16.5. The molecular formula is C23H22N4O6. The van der Waals surface area contributed by atoms with Gasteiger partial charge >= 0.3 is 12.1 Å². The number of carbonyl (C=O) groups is 3. The third kappa shape index (κ3) is 5.17. The first-order chi connectivity index (χ1) is 16.0. The molecule has 2 aromatic carbocycles. The average molecular weight is 450 g/mol. The van der Waals surface area contributed by atoms with E-state index in [9.17, 15) is 14.4 Å². The van der Waals surface area contributed by atoms with E-state index >= 15 is 0 Å². The number of carbonyl (C=O) groups excluding carboxylic acids is 2. The summed E-state index contributed by atoms with van der Waals surface area (Å²) in [5.74, 6) is -1.62. The highest BCUT2D eigenvalue weighted by Crippen LogP contribution is 2.44. The van der Waals surface area contributed by atoms with E-state index in [0.29, 0.717) is 12.2 Å². The van der Waals surface area contributed by atoms with E-state index in [1.54, 1.807) is 0 Å². The summed E-state index contributed by atoms with van der Waals surface area (Å²) in [7, 11) is 0. The smallest absolute Gasteiger partial charge is 0.407 e. The Morgan fingerprint density at radius 1 is 1.06 bits per heavy atom. The van der Waals surface area contributed by atoms with Crippen molar-refractivity contribution in [2.75, 3.05) is 13.2 Å². The van der Waals surface area contributed by atoms with Crippen LogP contribution < -0.4 is 10.6 Å². The first-order valence-corrected chi connectivity index (χ1v) is 10.4. The molecule has 0 spiro atoms. The number of nitrogens with zero attached hydrogens (tertiary/aromatic N) is 2. The highest BCUT2D eigenvalue weighted by Gasteiger charge is 2.30. The zero-order chi connectivity index (χ0) is 23.2. The molecule has 0 radical (unpaired) electrons. The zero-order valence-corrected chi connectivity index (χ0v) is 17.6. The number of nitrogens with one attached hydrogen (secondary N) is 2. The average Bonchev–Trinajstić information content (AvgIpc) is 3.43. The van der Waals surface area contributed by atoms with Crippen LogP contribution in [0, 0.1) is 0 Å². The maximum Gasteiger partial charge on any atom is 0.407 e. The van der Waals surface area contributed by atoms with E-state index in [2.05, 4.69) is 25.3 Å². The summed E-state index contributed by atoms with van der Waals surface area (Å²) in [5, 5.41) is 17.7. The number of amides is 2. The second kappa shape index (κ2) is 9.94. The van der Waals surface area contributed by atoms with Gasteiger partial charge in [-0.2, -0.15) is 4.98 Å². The number of carboxylic acid groups (broad SMARTS) is 1. The van der Waals surface area contributed by atoms with Gasteiger partial charge < -0.3 is 25.0 Å². The number of benzene rings is 2. The van der Waals surface area contributed by atoms with E-state index in [-0.39, 0.29) is 19.1 Å². The van der Waals surface area contributed by atoms with Crippen LogP contribution >= 0.6 is 0 Å². The summed E-state index contributed by atoms with van der Waals surface area (Å²) in [5.41, 5.74) is 4.28. The van der Waals surface area contributed by atoms with E-state index in [1.807, 2.05) is 48.5 Å². The van der Waals surface area contributed by atoms with Crippen LogP contribution in [0.4, 0.5) is 4.79 Å². The molecule has 0 saturated carbocycles. The molecule has 1 atom stereocenters. The molecule has 0 bridgehead atoms. The molecule has 1 heterocycles. The summed E-state index contributed by atoms with van der Waals surface area (Å²) in [6, 6.07) is 14.5. The standard InChI is InChI=1S/C23H22N4O6/c28-21(29)11-19(22(30)24-10-9-20-25-13-33-27-20)26-23(31)32-12-18-16-7-3-1-5-14(16)15-6-2-4-8-17(15)18/h1-8,13,18-19H,9-12H2,(H,24,30)(H,26,31)(H,28,29). The fraction of sp³-hybridized carbons (Fsp3) is 0.261. The van der Waals surface area contributed by atoms with E-state index in [1.165, 1.54) is 6.39 Å². The Balaban J connectivity index is 1.35. The fourth-order valence-electron chi connectivity index (χ4n) is 3.89. The predicted octanol–water partition coefficient (Wildman–Crippen LogP) is 2.11. The Morgan fingerprint density at radius 2 is 1.73 bits per heavy atom. The van der Waals surface area contributed by atoms with Gasteiger partial charge in [0.05, 0.1) is 6.42 Å². The monoisotopic (exact) mass is 450 g/mol. The number of alkyl carbamates (subject to hydrolysis) is 1. The van der Waals surface area contributed by atoms with Crippen LogP contribution in [0.1, 0.15) is 29.3 Å². The molecule has 0 fully saturated rings. The molecular weight excluding hydrogens is 428 g/mol. The normalized spacial score (nSPS) is 13.0. The van der Waals surface area contributed by atoms with E-state index in [0.717, 1.165) is 22.3 Å². The van der Waals surface area contributed by atoms with Crippen LogP contribution in [0.25, 0.3) is 11.1 Å². The molecule has 0 saturated heterocycles. The number of hydrogen-bond acceptors (Lipinski definition) is 7. The van der Waals surface area contributed by atoms with Crippen molar-refractivity contribution >= 4 is 18.0 Å². The van der Waals surface area contributed by atoms with Crippen molar-refractivity contribution in [3.05, 3.63) is 71.9 Å². The van der Waals surface area contributed by atoms with Gasteiger partial charge in [-0.1, -0.05) is 53.7 Å². The minimum atomic E-state index is -1.29. The number of aromatic nitrogens is 2. The summed E-state index contributed by atoms with van der Waals surface area (Å²) in [6.07, 6.45) is 0.0188. The van der Waals surface area contributed by atoms with Crippen LogP contribution in [0.3, 0.4) is 0 Å². The lowest BCUT2D eigenvalue weighted by molar-refractivity contribution is -0.139. The Labute approximate surface area is 189 Å². The predicted molar refractivity (Wildman–Crippen MR) is 115 cm³/mol. The van der Waals surface area contributed by atoms with Gasteiger partial charge in [-0.15, -0.1) is 0 Å². The Hall–Kier alpha value is -4.21. The van der Waals surface area contributed by atoms with Gasteiger partial charge in [0.15, 0.2) is 5.82 Å². The van der Waals surface area contributed by atoms with Crippen molar-refractivity contribution in [2.45, 2.75) is 24.8 Å². The van der Waals surface area contributed by atoms with Gasteiger partial charge in [-0.05, 0) is 22.3 Å². The van der Waals surface area contributed by atoms with Crippen molar-refractivity contribution < 1.29 is 28.8 Å². The number of rotatable bonds is 9. The minimum absolute atomic E-state index is 0.0547. The third-order valence-electron chi connectivity index (χ3n) is 5.39. The molecule has 1 aliphatic rings. The quantitative estimate of drug-likeness (QED) is 0.450. The molecule has 4 rings (SSSR count). The van der Waals surface area contributed by atoms with Gasteiger partial charge in [-0.25, -0.2) is 4.79 Å². The maximum absolute atomic E-state index is 12.4. The Kier molecular flexibility index (Phi) is 6.63. The van der Waals surface area contributed by atoms with Gasteiger partial charge in [0.2, 0.25) is 12.3 Å². The molecule has 170 valence electrons. The van der Waals surface area contributed by atoms with Crippen molar-refractivity contribution in [2.24, 2.45) is 0 Å². The maximum atomic E-state index is 12.4. The van der Waals surface area contributed by atoms with Crippen LogP contribution in [0.15, 0.2) is 59.4 Å². The van der Waals surface area contributed by atoms with Crippen molar-refractivity contribution in [3.63, 3.8) is 0 Å². The topological polar surface area (TPSA) is 144 Å². The molecule has 3 aromatic rings. The van der Waals surface area contributed by atoms with Crippen LogP contribution in [0.5, 0.6) is 0 Å². The van der Waals surface area contributed by atoms with Gasteiger partial charge in [0.25, 0.3) is 0 Å². The van der Waals surface area contributed by atoms with E-state index < -0.39 is 30.4 Å². The molecule has 1 unspecified atom stereocenters. The largest absolute Gasteiger partial charge is 0.481 e. The van der Waals surface area contributed by atoms with Gasteiger partial charge in [0, 0.05) is 18.9 Å². The number of ether oxygens (including phenoxy) is 1. The summed E-state index contributed by atoms with van der Waals surface area (Å²) in [6.45, 7) is 0.208. The third-order valence-corrected chi connectivity index (χ3v) is 5.39. The number of hydrogen-bond donors (Lipinski definition) is 3. The van der Waals surface area contributed by atoms with Crippen molar-refractivity contribution in [3.8, 4) is 11.1 Å². The Bertz CT molecular complexity index is 1100. The summed E-state index contributed by atoms with van der Waals surface area (Å²) < 4.78 is 10.0. The SMILES string of the molecule is O=C(O)CC(NC(=O)OCC1c2ccccc2-c2ccccc21)C(=O)NCCc1ncon1. The molecule has 3 N–H and O–H groups in total. The molecule has 1 aromatic heterocycles. The van der Waals surface area contributed by atoms with Crippen molar-refractivity contribution in [1.29, 1.82) is 0 Å². The first-order valence-electron chi connectivity index (χ1n) is 10.4. The van der Waals surface area contributed by atoms with Crippen LogP contribution in [0.2, 0.25) is 0 Å². The second-order valence-electron chi connectivity index (χ2n) is 7.51. The second-order valence-corrected chi connectivity index (χ2v) is 7.51. The minimum Gasteiger partial charge on any atom is -0.481 e. The molecule has 10 nitrogen and oxygen atoms in total. The first kappa shape index (κ1) is 22.0. The fourth-order valence-corrected chi connectivity index (χ4v) is 3.89. The van der Waals surface area contributed by atoms with Crippen molar-refractivity contribution in [1.82, 2.24) is 20.8 Å². The van der Waals surface area contributed by atoms with Gasteiger partial charge in [-0.3, -0.25) is 9.59 Å². The lowest BCUT2D eigenvalue weighted by atomic mass is 9.98. The molecule has 0 aliphatic heterocycles. The number of aliphatic carboxylic acids is 1. The number of carboxylic acids is 1. The van der Waals surface area contributed by atoms with Crippen LogP contribution in [-0.2, 0) is 20.7 Å². The number of fused-ring (bicyclic) bond motifs is 3. The molecule has 2 amide bonds. The molecule has 33 heavy (non-hydrogen) atoms. The highest BCUT2D eigenvalue weighted by molar-refractivity contribution is 5.89. The lowest BCUT2D eigenvalue weighted by Gasteiger charge is -2.18. The van der Waals surface area contributed by atoms with Gasteiger partial charge in [0.1, 0.15) is 12.6 Å². The summed E-state index contributed by atoms with van der Waals surface area (Å²) in [4.78, 5) is 39.9.